The van der Waals surface area contributed by atoms with Crippen LogP contribution in [0.2, 0.25) is 0 Å². The molecule has 1 heterocycles. The minimum atomic E-state index is -0.436. The van der Waals surface area contributed by atoms with Crippen LogP contribution >= 0.6 is 0 Å². The molecule has 3 rings (SSSR count). The molecular formula is C24H32N4O2. The number of urea groups is 1. The Labute approximate surface area is 179 Å². The van der Waals surface area contributed by atoms with Crippen molar-refractivity contribution in [3.63, 3.8) is 0 Å². The lowest BCUT2D eigenvalue weighted by molar-refractivity contribution is -0.125. The molecule has 6 heteroatoms. The lowest BCUT2D eigenvalue weighted by Crippen LogP contribution is -2.56. The summed E-state index contributed by atoms with van der Waals surface area (Å²) in [6, 6.07) is 20.5. The van der Waals surface area contributed by atoms with Crippen molar-refractivity contribution in [3.8, 4) is 0 Å². The van der Waals surface area contributed by atoms with Crippen LogP contribution in [0, 0.1) is 0 Å². The number of carbonyl (C=O) groups is 2. The number of hydrogen-bond acceptors (Lipinski definition) is 4. The number of nitrogens with one attached hydrogen (secondary N) is 2. The van der Waals surface area contributed by atoms with Gasteiger partial charge in [-0.2, -0.15) is 0 Å². The molecule has 1 aliphatic rings. The van der Waals surface area contributed by atoms with Gasteiger partial charge in [0.25, 0.3) is 0 Å². The molecular weight excluding hydrogens is 376 g/mol. The van der Waals surface area contributed by atoms with Crippen LogP contribution < -0.4 is 10.6 Å². The van der Waals surface area contributed by atoms with E-state index in [9.17, 15) is 9.59 Å². The molecule has 1 atom stereocenters. The molecule has 0 aromatic heterocycles. The summed E-state index contributed by atoms with van der Waals surface area (Å²) in [5, 5.41) is 5.14. The van der Waals surface area contributed by atoms with E-state index in [1.807, 2.05) is 32.9 Å². The first-order valence-corrected chi connectivity index (χ1v) is 10.6. The maximum absolute atomic E-state index is 12.5. The van der Waals surface area contributed by atoms with Gasteiger partial charge in [0.15, 0.2) is 0 Å². The second kappa shape index (κ2) is 10.4. The van der Waals surface area contributed by atoms with Crippen LogP contribution in [0.5, 0.6) is 0 Å². The largest absolute Gasteiger partial charge is 0.336 e. The monoisotopic (exact) mass is 408 g/mol. The fourth-order valence-electron chi connectivity index (χ4n) is 3.95. The van der Waals surface area contributed by atoms with Crippen molar-refractivity contribution < 1.29 is 9.59 Å². The number of nitrogens with zero attached hydrogens (tertiary/aromatic N) is 2. The molecule has 30 heavy (non-hydrogen) atoms. The normalized spacial score (nSPS) is 16.4. The molecule has 0 aliphatic carbocycles. The zero-order valence-corrected chi connectivity index (χ0v) is 18.0. The van der Waals surface area contributed by atoms with Gasteiger partial charge < -0.3 is 5.32 Å². The van der Waals surface area contributed by atoms with E-state index in [1.54, 1.807) is 0 Å². The zero-order valence-electron chi connectivity index (χ0n) is 18.0. The van der Waals surface area contributed by atoms with Crippen LogP contribution in [0.25, 0.3) is 0 Å². The van der Waals surface area contributed by atoms with Crippen molar-refractivity contribution >= 4 is 11.9 Å². The van der Waals surface area contributed by atoms with E-state index in [-0.39, 0.29) is 24.0 Å². The Morgan fingerprint density at radius 1 is 0.767 bits per heavy atom. The van der Waals surface area contributed by atoms with Crippen LogP contribution in [0.15, 0.2) is 60.7 Å². The predicted octanol–water partition coefficient (Wildman–Crippen LogP) is 3.02. The van der Waals surface area contributed by atoms with Crippen molar-refractivity contribution in [2.45, 2.75) is 38.9 Å². The van der Waals surface area contributed by atoms with Gasteiger partial charge in [0, 0.05) is 32.2 Å². The molecule has 2 N–H and O–H groups in total. The topological polar surface area (TPSA) is 64.7 Å². The highest BCUT2D eigenvalue weighted by molar-refractivity contribution is 5.96. The predicted molar refractivity (Wildman–Crippen MR) is 119 cm³/mol. The first kappa shape index (κ1) is 22.0. The Bertz CT molecular complexity index is 778. The highest BCUT2D eigenvalue weighted by Gasteiger charge is 2.30. The van der Waals surface area contributed by atoms with Crippen molar-refractivity contribution in [2.24, 2.45) is 0 Å². The van der Waals surface area contributed by atoms with Crippen LogP contribution in [-0.4, -0.2) is 60.0 Å². The molecule has 1 saturated heterocycles. The number of piperazine rings is 1. The van der Waals surface area contributed by atoms with Gasteiger partial charge in [-0.1, -0.05) is 60.7 Å². The van der Waals surface area contributed by atoms with Gasteiger partial charge in [-0.25, -0.2) is 4.79 Å². The van der Waals surface area contributed by atoms with Gasteiger partial charge in [0.2, 0.25) is 5.91 Å². The smallest absolute Gasteiger partial charge is 0.321 e. The summed E-state index contributed by atoms with van der Waals surface area (Å²) < 4.78 is 0. The Hall–Kier alpha value is -2.70. The first-order valence-electron chi connectivity index (χ1n) is 10.6. The number of benzene rings is 2. The molecule has 0 spiro atoms. The van der Waals surface area contributed by atoms with Crippen molar-refractivity contribution in [1.29, 1.82) is 0 Å². The summed E-state index contributed by atoms with van der Waals surface area (Å²) in [4.78, 5) is 28.9. The molecule has 1 aliphatic heterocycles. The molecule has 0 bridgehead atoms. The van der Waals surface area contributed by atoms with E-state index >= 15 is 0 Å². The van der Waals surface area contributed by atoms with Crippen LogP contribution in [-0.2, 0) is 4.79 Å². The van der Waals surface area contributed by atoms with Gasteiger partial charge in [-0.3, -0.25) is 19.9 Å². The van der Waals surface area contributed by atoms with E-state index in [1.165, 1.54) is 11.1 Å². The maximum Gasteiger partial charge on any atom is 0.321 e. The number of imide groups is 1. The molecule has 2 aromatic rings. The molecule has 0 unspecified atom stereocenters. The SMILES string of the molecule is CC(C)NC(=O)NC(=O)[C@H](C)N1CCN(C(c2ccccc2)c2ccccc2)CC1. The molecule has 2 aromatic carbocycles. The summed E-state index contributed by atoms with van der Waals surface area (Å²) in [6.07, 6.45) is 0. The van der Waals surface area contributed by atoms with Gasteiger partial charge in [-0.15, -0.1) is 0 Å². The molecule has 160 valence electrons. The van der Waals surface area contributed by atoms with Gasteiger partial charge in [-0.05, 0) is 31.9 Å². The third-order valence-electron chi connectivity index (χ3n) is 5.53. The zero-order chi connectivity index (χ0) is 21.5. The van der Waals surface area contributed by atoms with E-state index in [0.29, 0.717) is 0 Å². The lowest BCUT2D eigenvalue weighted by atomic mass is 9.96. The van der Waals surface area contributed by atoms with E-state index < -0.39 is 6.03 Å². The fraction of sp³-hybridized carbons (Fsp3) is 0.417. The second-order valence-corrected chi connectivity index (χ2v) is 8.09. The number of amides is 3. The molecule has 3 amide bonds. The Kier molecular flexibility index (Phi) is 7.60. The Morgan fingerprint density at radius 2 is 1.23 bits per heavy atom. The average molecular weight is 409 g/mol. The summed E-state index contributed by atoms with van der Waals surface area (Å²) in [5.74, 6) is -0.260. The van der Waals surface area contributed by atoms with Crippen molar-refractivity contribution in [1.82, 2.24) is 20.4 Å². The third kappa shape index (κ3) is 5.68. The molecule has 0 radical (unpaired) electrons. The van der Waals surface area contributed by atoms with Gasteiger partial charge in [0.05, 0.1) is 12.1 Å². The minimum Gasteiger partial charge on any atom is -0.336 e. The summed E-state index contributed by atoms with van der Waals surface area (Å²) in [6.45, 7) is 8.84. The second-order valence-electron chi connectivity index (χ2n) is 8.09. The summed E-state index contributed by atoms with van der Waals surface area (Å²) in [5.41, 5.74) is 2.54. The number of rotatable bonds is 6. The summed E-state index contributed by atoms with van der Waals surface area (Å²) >= 11 is 0. The fourth-order valence-corrected chi connectivity index (χ4v) is 3.95. The van der Waals surface area contributed by atoms with Crippen LogP contribution in [0.3, 0.4) is 0 Å². The van der Waals surface area contributed by atoms with Crippen molar-refractivity contribution in [2.75, 3.05) is 26.2 Å². The molecule has 1 fully saturated rings. The van der Waals surface area contributed by atoms with E-state index in [2.05, 4.69) is 69.0 Å². The number of hydrogen-bond donors (Lipinski definition) is 2. The van der Waals surface area contributed by atoms with Gasteiger partial charge >= 0.3 is 6.03 Å². The highest BCUT2D eigenvalue weighted by Crippen LogP contribution is 2.29. The molecule has 6 nitrogen and oxygen atoms in total. The lowest BCUT2D eigenvalue weighted by Gasteiger charge is -2.41. The molecule has 0 saturated carbocycles. The maximum atomic E-state index is 12.5. The highest BCUT2D eigenvalue weighted by atomic mass is 16.2. The van der Waals surface area contributed by atoms with E-state index in [0.717, 1.165) is 26.2 Å². The summed E-state index contributed by atoms with van der Waals surface area (Å²) in [7, 11) is 0. The van der Waals surface area contributed by atoms with Crippen molar-refractivity contribution in [3.05, 3.63) is 71.8 Å². The minimum absolute atomic E-state index is 0.00967. The Morgan fingerprint density at radius 3 is 1.70 bits per heavy atom. The van der Waals surface area contributed by atoms with Crippen LogP contribution in [0.4, 0.5) is 4.79 Å². The first-order chi connectivity index (χ1) is 14.5. The van der Waals surface area contributed by atoms with E-state index in [4.69, 9.17) is 0 Å². The third-order valence-corrected chi connectivity index (χ3v) is 5.53. The van der Waals surface area contributed by atoms with Crippen LogP contribution in [0.1, 0.15) is 37.9 Å². The quantitative estimate of drug-likeness (QED) is 0.771. The standard InChI is InChI=1S/C24H32N4O2/c1-18(2)25-24(30)26-23(29)19(3)27-14-16-28(17-15-27)22(20-10-6-4-7-11-20)21-12-8-5-9-13-21/h4-13,18-19,22H,14-17H2,1-3H3,(H2,25,26,29,30)/t19-/m0/s1. The average Bonchev–Trinajstić information content (AvgIpc) is 2.75. The number of carbonyl (C=O) groups excluding carboxylic acids is 2. The Balaban J connectivity index is 1.64. The van der Waals surface area contributed by atoms with Gasteiger partial charge in [0.1, 0.15) is 0 Å².